The summed E-state index contributed by atoms with van der Waals surface area (Å²) < 4.78 is 0. The highest BCUT2D eigenvalue weighted by Gasteiger charge is 2.05. The molecule has 0 aliphatic carbocycles. The lowest BCUT2D eigenvalue weighted by atomic mass is 10.1. The number of carbonyl (C=O) groups excluding carboxylic acids is 1. The van der Waals surface area contributed by atoms with E-state index in [1.807, 2.05) is 32.9 Å². The van der Waals surface area contributed by atoms with Crippen LogP contribution in [0.1, 0.15) is 25.8 Å². The van der Waals surface area contributed by atoms with E-state index >= 15 is 0 Å². The summed E-state index contributed by atoms with van der Waals surface area (Å²) in [5.41, 5.74) is 7.04. The number of hydrazine groups is 1. The van der Waals surface area contributed by atoms with Crippen LogP contribution < -0.4 is 16.2 Å². The Kier molecular flexibility index (Phi) is 6.05. The van der Waals surface area contributed by atoms with Gasteiger partial charge in [0.2, 0.25) is 5.91 Å². The van der Waals surface area contributed by atoms with Gasteiger partial charge < -0.3 is 5.32 Å². The molecule has 0 bridgehead atoms. The Balaban J connectivity index is 2.45. The van der Waals surface area contributed by atoms with Crippen LogP contribution in [0.4, 0.5) is 5.69 Å². The van der Waals surface area contributed by atoms with Crippen molar-refractivity contribution in [1.82, 2.24) is 10.9 Å². The van der Waals surface area contributed by atoms with Gasteiger partial charge in [-0.1, -0.05) is 25.4 Å². The van der Waals surface area contributed by atoms with Crippen molar-refractivity contribution in [2.24, 2.45) is 5.92 Å². The van der Waals surface area contributed by atoms with E-state index in [-0.39, 0.29) is 5.91 Å². The van der Waals surface area contributed by atoms with E-state index in [9.17, 15) is 4.79 Å². The number of nitrogens with one attached hydrogen (secondary N) is 3. The van der Waals surface area contributed by atoms with Gasteiger partial charge in [0.25, 0.3) is 0 Å². The molecule has 19 heavy (non-hydrogen) atoms. The van der Waals surface area contributed by atoms with Gasteiger partial charge in [0, 0.05) is 17.1 Å². The van der Waals surface area contributed by atoms with Crippen molar-refractivity contribution >= 4 is 40.5 Å². The van der Waals surface area contributed by atoms with E-state index in [1.165, 1.54) is 0 Å². The number of hydrogen-bond acceptors (Lipinski definition) is 2. The smallest absolute Gasteiger partial charge is 0.238 e. The second kappa shape index (κ2) is 7.31. The summed E-state index contributed by atoms with van der Waals surface area (Å²) >= 11 is 11.0. The third-order valence-electron chi connectivity index (χ3n) is 2.35. The van der Waals surface area contributed by atoms with Gasteiger partial charge in [-0.2, -0.15) is 0 Å². The van der Waals surface area contributed by atoms with Crippen molar-refractivity contribution in [3.05, 3.63) is 28.8 Å². The number of carbonyl (C=O) groups is 1. The van der Waals surface area contributed by atoms with E-state index in [2.05, 4.69) is 16.2 Å². The topological polar surface area (TPSA) is 53.2 Å². The molecule has 0 unspecified atom stereocenters. The number of anilines is 1. The fourth-order valence-corrected chi connectivity index (χ4v) is 1.86. The molecule has 1 aromatic rings. The zero-order chi connectivity index (χ0) is 14.4. The Hall–Kier alpha value is -1.33. The molecule has 0 aromatic heterocycles. The molecule has 6 heteroatoms. The van der Waals surface area contributed by atoms with Crippen molar-refractivity contribution in [2.75, 3.05) is 5.32 Å². The number of thiocarbonyl (C=S) groups is 1. The first kappa shape index (κ1) is 15.7. The normalized spacial score (nSPS) is 10.2. The lowest BCUT2D eigenvalue weighted by molar-refractivity contribution is -0.122. The van der Waals surface area contributed by atoms with Gasteiger partial charge in [-0.25, -0.2) is 0 Å². The van der Waals surface area contributed by atoms with Crippen molar-refractivity contribution < 1.29 is 4.79 Å². The van der Waals surface area contributed by atoms with Crippen LogP contribution in [0.3, 0.4) is 0 Å². The monoisotopic (exact) mass is 299 g/mol. The van der Waals surface area contributed by atoms with Crippen LogP contribution in [0, 0.1) is 12.8 Å². The average molecular weight is 300 g/mol. The Morgan fingerprint density at radius 2 is 2.05 bits per heavy atom. The molecule has 0 saturated carbocycles. The standard InChI is InChI=1S/C13H18ClN3OS/c1-8(2)6-12(18)16-17-13(19)15-11-5-4-10(14)7-9(11)3/h4-5,7-8H,6H2,1-3H3,(H,16,18)(H2,15,17,19). The molecular weight excluding hydrogens is 282 g/mol. The van der Waals surface area contributed by atoms with E-state index in [0.717, 1.165) is 11.3 Å². The first-order valence-electron chi connectivity index (χ1n) is 6.00. The Morgan fingerprint density at radius 3 is 2.63 bits per heavy atom. The average Bonchev–Trinajstić information content (AvgIpc) is 2.29. The minimum atomic E-state index is -0.0908. The van der Waals surface area contributed by atoms with E-state index in [1.54, 1.807) is 6.07 Å². The van der Waals surface area contributed by atoms with Crippen molar-refractivity contribution in [2.45, 2.75) is 27.2 Å². The summed E-state index contributed by atoms with van der Waals surface area (Å²) in [5, 5.41) is 4.00. The molecule has 0 spiro atoms. The van der Waals surface area contributed by atoms with Gasteiger partial charge in [0.1, 0.15) is 0 Å². The van der Waals surface area contributed by atoms with Gasteiger partial charge in [0.05, 0.1) is 0 Å². The van der Waals surface area contributed by atoms with Gasteiger partial charge in [0.15, 0.2) is 5.11 Å². The van der Waals surface area contributed by atoms with Crippen LogP contribution >= 0.6 is 23.8 Å². The fourth-order valence-electron chi connectivity index (χ4n) is 1.47. The molecular formula is C13H18ClN3OS. The molecule has 0 aliphatic heterocycles. The summed E-state index contributed by atoms with van der Waals surface area (Å²) in [6, 6.07) is 5.45. The molecule has 4 nitrogen and oxygen atoms in total. The number of benzene rings is 1. The van der Waals surface area contributed by atoms with E-state index in [0.29, 0.717) is 22.5 Å². The molecule has 0 radical (unpaired) electrons. The maximum absolute atomic E-state index is 11.4. The lowest BCUT2D eigenvalue weighted by Gasteiger charge is -2.14. The Morgan fingerprint density at radius 1 is 1.37 bits per heavy atom. The summed E-state index contributed by atoms with van der Waals surface area (Å²) in [7, 11) is 0. The maximum Gasteiger partial charge on any atom is 0.238 e. The van der Waals surface area contributed by atoms with Crippen LogP contribution in [0.15, 0.2) is 18.2 Å². The molecule has 0 aliphatic rings. The molecule has 104 valence electrons. The van der Waals surface area contributed by atoms with Crippen LogP contribution in [0.25, 0.3) is 0 Å². The highest BCUT2D eigenvalue weighted by molar-refractivity contribution is 7.80. The second-order valence-corrected chi connectivity index (χ2v) is 5.53. The zero-order valence-electron chi connectivity index (χ0n) is 11.2. The molecule has 0 fully saturated rings. The number of aryl methyl sites for hydroxylation is 1. The fraction of sp³-hybridized carbons (Fsp3) is 0.385. The summed E-state index contributed by atoms with van der Waals surface area (Å²) in [5.74, 6) is 0.216. The second-order valence-electron chi connectivity index (χ2n) is 4.68. The number of amides is 1. The third-order valence-corrected chi connectivity index (χ3v) is 2.78. The minimum Gasteiger partial charge on any atom is -0.331 e. The first-order valence-corrected chi connectivity index (χ1v) is 6.79. The number of rotatable bonds is 3. The zero-order valence-corrected chi connectivity index (χ0v) is 12.8. The summed E-state index contributed by atoms with van der Waals surface area (Å²) in [6.45, 7) is 5.88. The van der Waals surface area contributed by atoms with Crippen molar-refractivity contribution in [1.29, 1.82) is 0 Å². The van der Waals surface area contributed by atoms with Crippen molar-refractivity contribution in [3.63, 3.8) is 0 Å². The molecule has 1 aromatic carbocycles. The van der Waals surface area contributed by atoms with Crippen LogP contribution in [0.5, 0.6) is 0 Å². The highest BCUT2D eigenvalue weighted by atomic mass is 35.5. The molecule has 1 rings (SSSR count). The maximum atomic E-state index is 11.4. The summed E-state index contributed by atoms with van der Waals surface area (Å²) in [6.07, 6.45) is 0.454. The minimum absolute atomic E-state index is 0.0908. The van der Waals surface area contributed by atoms with Gasteiger partial charge in [-0.15, -0.1) is 0 Å². The highest BCUT2D eigenvalue weighted by Crippen LogP contribution is 2.19. The summed E-state index contributed by atoms with van der Waals surface area (Å²) in [4.78, 5) is 11.4. The Labute approximate surface area is 123 Å². The van der Waals surface area contributed by atoms with Gasteiger partial charge in [-0.05, 0) is 48.8 Å². The molecule has 0 heterocycles. The number of halogens is 1. The lowest BCUT2D eigenvalue weighted by Crippen LogP contribution is -2.44. The third kappa shape index (κ3) is 5.89. The predicted molar refractivity (Wildman–Crippen MR) is 83.1 cm³/mol. The Bertz CT molecular complexity index is 477. The van der Waals surface area contributed by atoms with Gasteiger partial charge >= 0.3 is 0 Å². The molecule has 3 N–H and O–H groups in total. The number of hydrogen-bond donors (Lipinski definition) is 3. The SMILES string of the molecule is Cc1cc(Cl)ccc1NC(=S)NNC(=O)CC(C)C. The van der Waals surface area contributed by atoms with Crippen LogP contribution in [-0.4, -0.2) is 11.0 Å². The molecule has 1 amide bonds. The predicted octanol–water partition coefficient (Wildman–Crippen LogP) is 3.01. The van der Waals surface area contributed by atoms with Crippen molar-refractivity contribution in [3.8, 4) is 0 Å². The van der Waals surface area contributed by atoms with Gasteiger partial charge in [-0.3, -0.25) is 15.6 Å². The molecule has 0 atom stereocenters. The van der Waals surface area contributed by atoms with E-state index in [4.69, 9.17) is 23.8 Å². The van der Waals surface area contributed by atoms with Crippen LogP contribution in [0.2, 0.25) is 5.02 Å². The molecule has 0 saturated heterocycles. The quantitative estimate of drug-likeness (QED) is 0.593. The van der Waals surface area contributed by atoms with E-state index < -0.39 is 0 Å². The first-order chi connectivity index (χ1) is 8.88. The van der Waals surface area contributed by atoms with Crippen LogP contribution in [-0.2, 0) is 4.79 Å². The largest absolute Gasteiger partial charge is 0.331 e.